The summed E-state index contributed by atoms with van der Waals surface area (Å²) in [7, 11) is 0. The van der Waals surface area contributed by atoms with Gasteiger partial charge in [0.05, 0.1) is 17.7 Å². The molecule has 0 heterocycles. The van der Waals surface area contributed by atoms with Crippen LogP contribution in [-0.2, 0) is 11.2 Å². The van der Waals surface area contributed by atoms with E-state index in [1.165, 1.54) is 12.3 Å². The molecule has 5 nitrogen and oxygen atoms in total. The molecule has 0 spiro atoms. The highest BCUT2D eigenvalue weighted by atomic mass is 35.5. The molecule has 0 saturated heterocycles. The van der Waals surface area contributed by atoms with Gasteiger partial charge in [-0.3, -0.25) is 4.79 Å². The maximum atomic E-state index is 11.7. The van der Waals surface area contributed by atoms with E-state index in [4.69, 9.17) is 23.2 Å². The SMILES string of the molecule is O=C(Cc1ccccc1)N/N=C\c1cc(Cl)c(O)c(Cl)c1O. The van der Waals surface area contributed by atoms with Crippen LogP contribution in [0.15, 0.2) is 41.5 Å². The molecular formula is C15H12Cl2N2O3. The largest absolute Gasteiger partial charge is 0.506 e. The maximum absolute atomic E-state index is 11.7. The van der Waals surface area contributed by atoms with Gasteiger partial charge in [0, 0.05) is 5.56 Å². The van der Waals surface area contributed by atoms with Gasteiger partial charge in [-0.2, -0.15) is 5.10 Å². The van der Waals surface area contributed by atoms with Crippen LogP contribution in [-0.4, -0.2) is 22.3 Å². The molecule has 0 unspecified atom stereocenters. The van der Waals surface area contributed by atoms with Crippen LogP contribution in [0, 0.1) is 0 Å². The summed E-state index contributed by atoms with van der Waals surface area (Å²) in [6, 6.07) is 10.5. The molecule has 1 amide bonds. The summed E-state index contributed by atoms with van der Waals surface area (Å²) in [5.41, 5.74) is 3.36. The van der Waals surface area contributed by atoms with E-state index in [1.807, 2.05) is 30.3 Å². The lowest BCUT2D eigenvalue weighted by molar-refractivity contribution is -0.120. The lowest BCUT2D eigenvalue weighted by Crippen LogP contribution is -2.19. The number of halogens is 2. The van der Waals surface area contributed by atoms with Crippen molar-refractivity contribution in [3.63, 3.8) is 0 Å². The molecule has 2 rings (SSSR count). The van der Waals surface area contributed by atoms with Crippen molar-refractivity contribution in [2.45, 2.75) is 6.42 Å². The number of amides is 1. The van der Waals surface area contributed by atoms with Gasteiger partial charge in [-0.25, -0.2) is 5.43 Å². The lowest BCUT2D eigenvalue weighted by Gasteiger charge is -2.05. The summed E-state index contributed by atoms with van der Waals surface area (Å²) >= 11 is 11.4. The lowest BCUT2D eigenvalue weighted by atomic mass is 10.1. The first-order valence-electron chi connectivity index (χ1n) is 6.24. The highest BCUT2D eigenvalue weighted by molar-refractivity contribution is 6.38. The standard InChI is InChI=1S/C15H12Cl2N2O3/c16-11-7-10(14(21)13(17)15(11)22)8-18-19-12(20)6-9-4-2-1-3-5-9/h1-5,7-8,21-22H,6H2,(H,19,20)/b18-8-. The zero-order chi connectivity index (χ0) is 16.1. The molecule has 0 aliphatic heterocycles. The Labute approximate surface area is 136 Å². The van der Waals surface area contributed by atoms with Crippen LogP contribution in [0.2, 0.25) is 10.0 Å². The van der Waals surface area contributed by atoms with Gasteiger partial charge in [-0.1, -0.05) is 53.5 Å². The van der Waals surface area contributed by atoms with E-state index < -0.39 is 5.75 Å². The Morgan fingerprint density at radius 3 is 2.55 bits per heavy atom. The van der Waals surface area contributed by atoms with E-state index >= 15 is 0 Å². The predicted octanol–water partition coefficient (Wildman–Crippen LogP) is 3.10. The van der Waals surface area contributed by atoms with Gasteiger partial charge in [-0.15, -0.1) is 0 Å². The average Bonchev–Trinajstić information content (AvgIpc) is 2.51. The minimum absolute atomic E-state index is 0.0279. The number of nitrogens with one attached hydrogen (secondary N) is 1. The Hall–Kier alpha value is -2.24. The van der Waals surface area contributed by atoms with Crippen LogP contribution in [0.25, 0.3) is 0 Å². The van der Waals surface area contributed by atoms with Gasteiger partial charge in [0.2, 0.25) is 5.91 Å². The molecule has 0 atom stereocenters. The minimum Gasteiger partial charge on any atom is -0.506 e. The first-order valence-corrected chi connectivity index (χ1v) is 7.00. The predicted molar refractivity (Wildman–Crippen MR) is 85.7 cm³/mol. The number of phenolic OH excluding ortho intramolecular Hbond substituents is 2. The minimum atomic E-state index is -0.411. The second-order valence-corrected chi connectivity index (χ2v) is 5.20. The molecule has 3 N–H and O–H groups in total. The van der Waals surface area contributed by atoms with Gasteiger partial charge >= 0.3 is 0 Å². The molecule has 0 aliphatic carbocycles. The first-order chi connectivity index (χ1) is 10.5. The molecule has 22 heavy (non-hydrogen) atoms. The number of carbonyl (C=O) groups is 1. The Morgan fingerprint density at radius 2 is 1.86 bits per heavy atom. The Morgan fingerprint density at radius 1 is 1.18 bits per heavy atom. The van der Waals surface area contributed by atoms with Crippen LogP contribution >= 0.6 is 23.2 Å². The van der Waals surface area contributed by atoms with Crippen LogP contribution in [0.4, 0.5) is 0 Å². The first kappa shape index (κ1) is 16.1. The number of hydrazone groups is 1. The third-order valence-corrected chi connectivity index (χ3v) is 3.44. The molecule has 0 saturated carbocycles. The quantitative estimate of drug-likeness (QED) is 0.591. The van der Waals surface area contributed by atoms with Gasteiger partial charge in [-0.05, 0) is 11.6 Å². The smallest absolute Gasteiger partial charge is 0.244 e. The monoisotopic (exact) mass is 338 g/mol. The van der Waals surface area contributed by atoms with Crippen LogP contribution in [0.3, 0.4) is 0 Å². The zero-order valence-corrected chi connectivity index (χ0v) is 12.8. The molecule has 114 valence electrons. The van der Waals surface area contributed by atoms with Gasteiger partial charge in [0.1, 0.15) is 10.8 Å². The molecule has 0 aromatic heterocycles. The van der Waals surface area contributed by atoms with Crippen molar-refractivity contribution in [1.29, 1.82) is 0 Å². The molecule has 0 radical (unpaired) electrons. The third kappa shape index (κ3) is 3.90. The molecule has 0 bridgehead atoms. The Bertz CT molecular complexity index is 718. The van der Waals surface area contributed by atoms with E-state index in [2.05, 4.69) is 10.5 Å². The van der Waals surface area contributed by atoms with Crippen molar-refractivity contribution >= 4 is 35.3 Å². The number of benzene rings is 2. The second kappa shape index (κ2) is 7.15. The average molecular weight is 339 g/mol. The Kier molecular flexibility index (Phi) is 5.25. The van der Waals surface area contributed by atoms with E-state index in [1.54, 1.807) is 0 Å². The Balaban J connectivity index is 2.03. The number of hydrogen-bond donors (Lipinski definition) is 3. The van der Waals surface area contributed by atoms with Crippen LogP contribution in [0.5, 0.6) is 11.5 Å². The summed E-state index contributed by atoms with van der Waals surface area (Å²) in [6.45, 7) is 0. The van der Waals surface area contributed by atoms with Gasteiger partial charge in [0.15, 0.2) is 5.75 Å². The molecule has 0 aliphatic rings. The van der Waals surface area contributed by atoms with E-state index in [0.717, 1.165) is 5.56 Å². The fraction of sp³-hybridized carbons (Fsp3) is 0.0667. The number of rotatable bonds is 4. The molecular weight excluding hydrogens is 327 g/mol. The number of phenols is 2. The van der Waals surface area contributed by atoms with Crippen molar-refractivity contribution in [3.8, 4) is 11.5 Å². The van der Waals surface area contributed by atoms with Crippen molar-refractivity contribution in [2.75, 3.05) is 0 Å². The van der Waals surface area contributed by atoms with Crippen molar-refractivity contribution in [1.82, 2.24) is 5.43 Å². The zero-order valence-electron chi connectivity index (χ0n) is 11.3. The van der Waals surface area contributed by atoms with E-state index in [0.29, 0.717) is 0 Å². The molecule has 0 fully saturated rings. The topological polar surface area (TPSA) is 81.9 Å². The van der Waals surface area contributed by atoms with Gasteiger partial charge < -0.3 is 10.2 Å². The summed E-state index contributed by atoms with van der Waals surface area (Å²) in [5.74, 6) is -1.09. The summed E-state index contributed by atoms with van der Waals surface area (Å²) < 4.78 is 0. The summed E-state index contributed by atoms with van der Waals surface area (Å²) in [6.07, 6.45) is 1.37. The summed E-state index contributed by atoms with van der Waals surface area (Å²) in [4.78, 5) is 11.7. The van der Waals surface area contributed by atoms with E-state index in [9.17, 15) is 15.0 Å². The van der Waals surface area contributed by atoms with Gasteiger partial charge in [0.25, 0.3) is 0 Å². The third-order valence-electron chi connectivity index (χ3n) is 2.80. The van der Waals surface area contributed by atoms with E-state index in [-0.39, 0.29) is 33.7 Å². The fourth-order valence-electron chi connectivity index (χ4n) is 1.71. The highest BCUT2D eigenvalue weighted by Crippen LogP contribution is 2.40. The second-order valence-electron chi connectivity index (χ2n) is 4.41. The molecule has 2 aromatic rings. The molecule has 2 aromatic carbocycles. The number of aromatic hydroxyl groups is 2. The van der Waals surface area contributed by atoms with Crippen molar-refractivity contribution < 1.29 is 15.0 Å². The maximum Gasteiger partial charge on any atom is 0.244 e. The number of hydrogen-bond acceptors (Lipinski definition) is 4. The highest BCUT2D eigenvalue weighted by Gasteiger charge is 2.13. The number of nitrogens with zero attached hydrogens (tertiary/aromatic N) is 1. The normalized spacial score (nSPS) is 10.8. The van der Waals surface area contributed by atoms with Crippen LogP contribution in [0.1, 0.15) is 11.1 Å². The summed E-state index contributed by atoms with van der Waals surface area (Å²) in [5, 5.41) is 22.6. The fourth-order valence-corrected chi connectivity index (χ4v) is 2.18. The van der Waals surface area contributed by atoms with Crippen LogP contribution < -0.4 is 5.43 Å². The number of carbonyl (C=O) groups excluding carboxylic acids is 1. The van der Waals surface area contributed by atoms with Crippen molar-refractivity contribution in [2.24, 2.45) is 5.10 Å². The van der Waals surface area contributed by atoms with Crippen molar-refractivity contribution in [3.05, 3.63) is 57.6 Å². The molecule has 7 heteroatoms.